The van der Waals surface area contributed by atoms with Crippen molar-refractivity contribution in [3.8, 4) is 11.3 Å². The predicted octanol–water partition coefficient (Wildman–Crippen LogP) is 3.81. The molecule has 3 aromatic rings. The molecule has 4 nitrogen and oxygen atoms in total. The number of nitrogens with zero attached hydrogens (tertiary/aromatic N) is 1. The van der Waals surface area contributed by atoms with Crippen molar-refractivity contribution in [1.29, 1.82) is 0 Å². The van der Waals surface area contributed by atoms with Gasteiger partial charge >= 0.3 is 0 Å². The number of aryl methyl sites for hydroxylation is 1. The summed E-state index contributed by atoms with van der Waals surface area (Å²) in [6.45, 7) is 1.93. The fraction of sp³-hybridized carbons (Fsp3) is 0.111. The molecule has 6 heteroatoms. The van der Waals surface area contributed by atoms with Gasteiger partial charge in [-0.1, -0.05) is 48.0 Å². The van der Waals surface area contributed by atoms with Crippen molar-refractivity contribution < 1.29 is 9.90 Å². The summed E-state index contributed by atoms with van der Waals surface area (Å²) in [4.78, 5) is 16.2. The molecule has 2 aromatic carbocycles. The summed E-state index contributed by atoms with van der Waals surface area (Å²) in [5.41, 5.74) is 3.33. The molecule has 0 spiro atoms. The zero-order valence-corrected chi connectivity index (χ0v) is 14.4. The Morgan fingerprint density at radius 1 is 1.25 bits per heavy atom. The second-order valence-electron chi connectivity index (χ2n) is 5.29. The number of hydrogen-bond donors (Lipinski definition) is 1. The molecular formula is C18H14ClN2O2S-. The van der Waals surface area contributed by atoms with Crippen molar-refractivity contribution >= 4 is 39.7 Å². The number of aromatic nitrogens is 1. The number of hydrogen-bond acceptors (Lipinski definition) is 5. The van der Waals surface area contributed by atoms with Gasteiger partial charge in [-0.2, -0.15) is 0 Å². The van der Waals surface area contributed by atoms with Gasteiger partial charge in [-0.25, -0.2) is 4.98 Å². The molecular weight excluding hydrogens is 344 g/mol. The van der Waals surface area contributed by atoms with Crippen molar-refractivity contribution in [1.82, 2.24) is 4.98 Å². The second kappa shape index (κ2) is 7.03. The van der Waals surface area contributed by atoms with Crippen LogP contribution in [0.15, 0.2) is 48.5 Å². The van der Waals surface area contributed by atoms with Gasteiger partial charge in [0.25, 0.3) is 0 Å². The largest absolute Gasteiger partial charge is 0.550 e. The number of carboxylic acid groups (broad SMARTS) is 1. The lowest BCUT2D eigenvalue weighted by molar-refractivity contribution is -0.304. The predicted molar refractivity (Wildman–Crippen MR) is 95.7 cm³/mol. The SMILES string of the molecule is Cc1ccc(Nc2nc(-c3ccccc3)c(CC(=O)[O-])s2)cc1Cl. The lowest BCUT2D eigenvalue weighted by Crippen LogP contribution is -2.24. The van der Waals surface area contributed by atoms with Crippen LogP contribution in [0.1, 0.15) is 10.4 Å². The quantitative estimate of drug-likeness (QED) is 0.754. The maximum atomic E-state index is 11.0. The molecule has 1 heterocycles. The zero-order chi connectivity index (χ0) is 17.1. The molecule has 0 radical (unpaired) electrons. The van der Waals surface area contributed by atoms with Gasteiger partial charge in [-0.15, -0.1) is 11.3 Å². The van der Waals surface area contributed by atoms with E-state index in [0.717, 1.165) is 16.8 Å². The highest BCUT2D eigenvalue weighted by Crippen LogP contribution is 2.33. The van der Waals surface area contributed by atoms with E-state index in [2.05, 4.69) is 10.3 Å². The Hall–Kier alpha value is -2.37. The van der Waals surface area contributed by atoms with Crippen molar-refractivity contribution in [3.05, 3.63) is 64.0 Å². The Balaban J connectivity index is 1.95. The number of thiazole rings is 1. The molecule has 0 aliphatic rings. The van der Waals surface area contributed by atoms with Crippen molar-refractivity contribution in [2.24, 2.45) is 0 Å². The van der Waals surface area contributed by atoms with Gasteiger partial charge in [0.2, 0.25) is 0 Å². The monoisotopic (exact) mass is 357 g/mol. The van der Waals surface area contributed by atoms with Crippen LogP contribution in [0.3, 0.4) is 0 Å². The number of benzene rings is 2. The first-order valence-corrected chi connectivity index (χ1v) is 8.50. The fourth-order valence-corrected chi connectivity index (χ4v) is 3.44. The van der Waals surface area contributed by atoms with Gasteiger partial charge in [-0.3, -0.25) is 0 Å². The summed E-state index contributed by atoms with van der Waals surface area (Å²) in [5.74, 6) is -1.12. The summed E-state index contributed by atoms with van der Waals surface area (Å²) < 4.78 is 0. The summed E-state index contributed by atoms with van der Waals surface area (Å²) in [7, 11) is 0. The molecule has 24 heavy (non-hydrogen) atoms. The van der Waals surface area contributed by atoms with Gasteiger partial charge in [0.05, 0.1) is 5.69 Å². The molecule has 1 N–H and O–H groups in total. The number of halogens is 1. The van der Waals surface area contributed by atoms with Gasteiger partial charge in [0, 0.05) is 33.5 Å². The third-order valence-electron chi connectivity index (χ3n) is 3.47. The van der Waals surface area contributed by atoms with Crippen molar-refractivity contribution in [2.75, 3.05) is 5.32 Å². The smallest absolute Gasteiger partial charge is 0.187 e. The number of carbonyl (C=O) groups excluding carboxylic acids is 1. The second-order valence-corrected chi connectivity index (χ2v) is 6.79. The van der Waals surface area contributed by atoms with Crippen LogP contribution in [0, 0.1) is 6.92 Å². The van der Waals surface area contributed by atoms with E-state index in [1.54, 1.807) is 0 Å². The molecule has 0 aliphatic heterocycles. The summed E-state index contributed by atoms with van der Waals surface area (Å²) >= 11 is 7.44. The van der Waals surface area contributed by atoms with Gasteiger partial charge < -0.3 is 15.2 Å². The summed E-state index contributed by atoms with van der Waals surface area (Å²) in [5, 5.41) is 15.5. The number of carboxylic acids is 1. The number of nitrogens with one attached hydrogen (secondary N) is 1. The van der Waals surface area contributed by atoms with Crippen LogP contribution in [-0.2, 0) is 11.2 Å². The lowest BCUT2D eigenvalue weighted by Gasteiger charge is -2.04. The number of aliphatic carboxylic acids is 1. The lowest BCUT2D eigenvalue weighted by atomic mass is 10.1. The van der Waals surface area contributed by atoms with E-state index < -0.39 is 5.97 Å². The molecule has 3 rings (SSSR count). The molecule has 0 saturated carbocycles. The van der Waals surface area contributed by atoms with Gasteiger partial charge in [0.15, 0.2) is 5.13 Å². The molecule has 0 saturated heterocycles. The zero-order valence-electron chi connectivity index (χ0n) is 12.9. The third-order valence-corrected chi connectivity index (χ3v) is 4.85. The molecule has 0 aliphatic carbocycles. The van der Waals surface area contributed by atoms with Crippen LogP contribution in [-0.4, -0.2) is 11.0 Å². The Morgan fingerprint density at radius 3 is 2.67 bits per heavy atom. The molecule has 122 valence electrons. The standard InChI is InChI=1S/C18H15ClN2O2S/c1-11-7-8-13(9-14(11)19)20-18-21-17(12-5-3-2-4-6-12)15(24-18)10-16(22)23/h2-9H,10H2,1H3,(H,20,21)(H,22,23)/p-1. The van der Waals surface area contributed by atoms with Crippen molar-refractivity contribution in [2.45, 2.75) is 13.3 Å². The Bertz CT molecular complexity index is 878. The maximum absolute atomic E-state index is 11.0. The van der Waals surface area contributed by atoms with E-state index in [9.17, 15) is 9.90 Å². The average Bonchev–Trinajstić information content (AvgIpc) is 2.93. The van der Waals surface area contributed by atoms with Crippen molar-refractivity contribution in [3.63, 3.8) is 0 Å². The van der Waals surface area contributed by atoms with Crippen LogP contribution < -0.4 is 10.4 Å². The minimum absolute atomic E-state index is 0.168. The molecule has 0 bridgehead atoms. The number of carbonyl (C=O) groups is 1. The van der Waals surface area contributed by atoms with Crippen LogP contribution in [0.2, 0.25) is 5.02 Å². The highest BCUT2D eigenvalue weighted by molar-refractivity contribution is 7.16. The van der Waals surface area contributed by atoms with Gasteiger partial charge in [0.1, 0.15) is 0 Å². The Morgan fingerprint density at radius 2 is 2.00 bits per heavy atom. The van der Waals surface area contributed by atoms with Gasteiger partial charge in [-0.05, 0) is 24.6 Å². The summed E-state index contributed by atoms with van der Waals surface area (Å²) in [6.07, 6.45) is -0.168. The van der Waals surface area contributed by atoms with Crippen LogP contribution in [0.5, 0.6) is 0 Å². The van der Waals surface area contributed by atoms with E-state index >= 15 is 0 Å². The first-order valence-electron chi connectivity index (χ1n) is 7.31. The van der Waals surface area contributed by atoms with E-state index in [0.29, 0.717) is 20.7 Å². The Labute approximate surface area is 148 Å². The molecule has 0 fully saturated rings. The first kappa shape index (κ1) is 16.5. The van der Waals surface area contributed by atoms with Crippen LogP contribution >= 0.6 is 22.9 Å². The van der Waals surface area contributed by atoms with E-state index in [1.807, 2.05) is 55.5 Å². The number of anilines is 2. The maximum Gasteiger partial charge on any atom is 0.187 e. The Kier molecular flexibility index (Phi) is 4.83. The minimum Gasteiger partial charge on any atom is -0.550 e. The van der Waals surface area contributed by atoms with E-state index in [1.165, 1.54) is 11.3 Å². The molecule has 1 aromatic heterocycles. The van der Waals surface area contributed by atoms with E-state index in [-0.39, 0.29) is 6.42 Å². The molecule has 0 amide bonds. The first-order chi connectivity index (χ1) is 11.5. The normalized spacial score (nSPS) is 10.6. The van der Waals surface area contributed by atoms with Crippen LogP contribution in [0.4, 0.5) is 10.8 Å². The highest BCUT2D eigenvalue weighted by Gasteiger charge is 2.13. The number of rotatable bonds is 5. The molecule has 0 atom stereocenters. The molecule has 0 unspecified atom stereocenters. The average molecular weight is 358 g/mol. The topological polar surface area (TPSA) is 65.0 Å². The minimum atomic E-state index is -1.12. The van der Waals surface area contributed by atoms with Crippen LogP contribution in [0.25, 0.3) is 11.3 Å². The third kappa shape index (κ3) is 3.75. The highest BCUT2D eigenvalue weighted by atomic mass is 35.5. The fourth-order valence-electron chi connectivity index (χ4n) is 2.27. The van der Waals surface area contributed by atoms with E-state index in [4.69, 9.17) is 11.6 Å². The summed E-state index contributed by atoms with van der Waals surface area (Å²) in [6, 6.07) is 15.1.